The maximum atomic E-state index is 12.1. The van der Waals surface area contributed by atoms with Crippen LogP contribution in [-0.4, -0.2) is 22.6 Å². The molecule has 0 radical (unpaired) electrons. The van der Waals surface area contributed by atoms with Gasteiger partial charge in [-0.05, 0) is 25.1 Å². The molecule has 0 saturated heterocycles. The summed E-state index contributed by atoms with van der Waals surface area (Å²) in [4.78, 5) is 27.2. The largest absolute Gasteiger partial charge is 0.369 e. The van der Waals surface area contributed by atoms with E-state index in [-0.39, 0.29) is 11.7 Å². The smallest absolute Gasteiger partial charge is 0.257 e. The van der Waals surface area contributed by atoms with Crippen molar-refractivity contribution in [2.75, 3.05) is 11.1 Å². The molecule has 5 nitrogen and oxygen atoms in total. The summed E-state index contributed by atoms with van der Waals surface area (Å²) in [5.41, 5.74) is 6.23. The van der Waals surface area contributed by atoms with E-state index in [4.69, 9.17) is 28.9 Å². The number of halogens is 2. The number of rotatable bonds is 5. The first kappa shape index (κ1) is 17.1. The number of hydrogen-bond acceptors (Lipinski definition) is 5. The molecule has 1 aromatic heterocycles. The fraction of sp³-hybridized carbons (Fsp3) is 0.154. The molecule has 3 N–H and O–H groups in total. The van der Waals surface area contributed by atoms with Crippen LogP contribution < -0.4 is 11.1 Å². The number of hydrogen-bond donors (Lipinski definition) is 2. The van der Waals surface area contributed by atoms with Gasteiger partial charge in [0, 0.05) is 5.56 Å². The molecule has 1 aromatic carbocycles. The van der Waals surface area contributed by atoms with Crippen LogP contribution in [0.2, 0.25) is 10.0 Å². The summed E-state index contributed by atoms with van der Waals surface area (Å²) >= 11 is 14.3. The van der Waals surface area contributed by atoms with Crippen molar-refractivity contribution in [2.45, 2.75) is 11.1 Å². The molecule has 2 aromatic rings. The highest BCUT2D eigenvalue weighted by molar-refractivity contribution is 8.01. The Hall–Kier alpha value is -1.28. The Morgan fingerprint density at radius 1 is 1.36 bits per heavy atom. The molecule has 0 unspecified atom stereocenters. The van der Waals surface area contributed by atoms with Gasteiger partial charge in [-0.1, -0.05) is 34.5 Å². The number of thioether (sulfide) groups is 1. The van der Waals surface area contributed by atoms with Crippen molar-refractivity contribution in [1.29, 1.82) is 0 Å². The molecule has 2 amide bonds. The Morgan fingerprint density at radius 3 is 2.73 bits per heavy atom. The van der Waals surface area contributed by atoms with Crippen LogP contribution in [0, 0.1) is 6.92 Å². The molecule has 2 rings (SSSR count). The molecule has 1 heterocycles. The van der Waals surface area contributed by atoms with E-state index in [1.54, 1.807) is 19.1 Å². The fourth-order valence-corrected chi connectivity index (χ4v) is 3.68. The van der Waals surface area contributed by atoms with Gasteiger partial charge in [0.25, 0.3) is 5.91 Å². The zero-order valence-electron chi connectivity index (χ0n) is 11.4. The fourth-order valence-electron chi connectivity index (χ4n) is 1.51. The number of anilines is 1. The van der Waals surface area contributed by atoms with Crippen molar-refractivity contribution in [3.8, 4) is 0 Å². The highest BCUT2D eigenvalue weighted by atomic mass is 35.5. The normalized spacial score (nSPS) is 10.5. The summed E-state index contributed by atoms with van der Waals surface area (Å²) in [6, 6.07) is 4.62. The zero-order valence-corrected chi connectivity index (χ0v) is 14.5. The van der Waals surface area contributed by atoms with Crippen molar-refractivity contribution in [1.82, 2.24) is 4.98 Å². The standard InChI is InChI=1S/C13H11Cl2N3O2S2/c1-6-12(21-5-10(16)19)22-13(17-6)18-11(20)7-2-3-8(14)9(15)4-7/h2-4H,5H2,1H3,(H2,16,19)(H,17,18,20). The molecule has 0 saturated carbocycles. The average molecular weight is 376 g/mol. The number of nitrogens with two attached hydrogens (primary N) is 1. The van der Waals surface area contributed by atoms with Crippen LogP contribution in [0.1, 0.15) is 16.1 Å². The van der Waals surface area contributed by atoms with Crippen LogP contribution in [0.5, 0.6) is 0 Å². The number of amides is 2. The summed E-state index contributed by atoms with van der Waals surface area (Å²) < 4.78 is 0.836. The molecule has 0 fully saturated rings. The van der Waals surface area contributed by atoms with Gasteiger partial charge in [0.1, 0.15) is 0 Å². The summed E-state index contributed by atoms with van der Waals surface area (Å²) in [5.74, 6) is -0.568. The van der Waals surface area contributed by atoms with E-state index in [9.17, 15) is 9.59 Å². The van der Waals surface area contributed by atoms with Crippen molar-refractivity contribution >= 4 is 63.2 Å². The zero-order chi connectivity index (χ0) is 16.3. The van der Waals surface area contributed by atoms with E-state index in [0.29, 0.717) is 20.7 Å². The van der Waals surface area contributed by atoms with E-state index in [0.717, 1.165) is 9.90 Å². The van der Waals surface area contributed by atoms with Crippen molar-refractivity contribution in [2.24, 2.45) is 5.73 Å². The molecule has 0 aliphatic carbocycles. The lowest BCUT2D eigenvalue weighted by molar-refractivity contribution is -0.115. The molecular weight excluding hydrogens is 365 g/mol. The number of benzene rings is 1. The molecular formula is C13H11Cl2N3O2S2. The van der Waals surface area contributed by atoms with Crippen molar-refractivity contribution in [3.63, 3.8) is 0 Å². The van der Waals surface area contributed by atoms with Crippen LogP contribution >= 0.6 is 46.3 Å². The third kappa shape index (κ3) is 4.36. The number of carbonyl (C=O) groups excluding carboxylic acids is 2. The number of carbonyl (C=O) groups is 2. The summed E-state index contributed by atoms with van der Waals surface area (Å²) in [6.45, 7) is 1.80. The second-order valence-electron chi connectivity index (χ2n) is 4.23. The van der Waals surface area contributed by atoms with Crippen LogP contribution in [0.4, 0.5) is 5.13 Å². The van der Waals surface area contributed by atoms with Gasteiger partial charge in [0.2, 0.25) is 5.91 Å². The van der Waals surface area contributed by atoms with E-state index in [2.05, 4.69) is 10.3 Å². The Bertz CT molecular complexity index is 734. The second kappa shape index (κ2) is 7.32. The molecule has 0 aliphatic rings. The number of thiazole rings is 1. The van der Waals surface area contributed by atoms with Crippen molar-refractivity contribution in [3.05, 3.63) is 39.5 Å². The summed E-state index contributed by atoms with van der Waals surface area (Å²) in [7, 11) is 0. The van der Waals surface area contributed by atoms with Crippen LogP contribution in [0.25, 0.3) is 0 Å². The first-order valence-electron chi connectivity index (χ1n) is 6.01. The quantitative estimate of drug-likeness (QED) is 0.781. The van der Waals surface area contributed by atoms with E-state index in [1.807, 2.05) is 0 Å². The highest BCUT2D eigenvalue weighted by Crippen LogP contribution is 2.32. The molecule has 0 bridgehead atoms. The predicted molar refractivity (Wildman–Crippen MR) is 91.2 cm³/mol. The minimum absolute atomic E-state index is 0.170. The summed E-state index contributed by atoms with van der Waals surface area (Å²) in [5, 5.41) is 3.83. The van der Waals surface area contributed by atoms with E-state index >= 15 is 0 Å². The van der Waals surface area contributed by atoms with Crippen LogP contribution in [0.15, 0.2) is 22.4 Å². The predicted octanol–water partition coefficient (Wildman–Crippen LogP) is 3.59. The maximum Gasteiger partial charge on any atom is 0.257 e. The minimum atomic E-state index is -0.404. The van der Waals surface area contributed by atoms with Gasteiger partial charge in [0.05, 0.1) is 25.7 Å². The minimum Gasteiger partial charge on any atom is -0.369 e. The highest BCUT2D eigenvalue weighted by Gasteiger charge is 2.13. The number of aromatic nitrogens is 1. The van der Waals surface area contributed by atoms with Gasteiger partial charge in [-0.25, -0.2) is 4.98 Å². The average Bonchev–Trinajstić information content (AvgIpc) is 2.79. The molecule has 116 valence electrons. The molecule has 9 heteroatoms. The Kier molecular flexibility index (Phi) is 5.69. The topological polar surface area (TPSA) is 85.1 Å². The summed E-state index contributed by atoms with van der Waals surface area (Å²) in [6.07, 6.45) is 0. The Morgan fingerprint density at radius 2 is 2.09 bits per heavy atom. The first-order chi connectivity index (χ1) is 10.4. The lowest BCUT2D eigenvalue weighted by atomic mass is 10.2. The van der Waals surface area contributed by atoms with Crippen molar-refractivity contribution < 1.29 is 9.59 Å². The lowest BCUT2D eigenvalue weighted by Crippen LogP contribution is -2.12. The van der Waals surface area contributed by atoms with Crippen LogP contribution in [-0.2, 0) is 4.79 Å². The number of primary amides is 1. The molecule has 0 spiro atoms. The van der Waals surface area contributed by atoms with Gasteiger partial charge >= 0.3 is 0 Å². The second-order valence-corrected chi connectivity index (χ2v) is 7.29. The maximum absolute atomic E-state index is 12.1. The number of nitrogens with zero attached hydrogens (tertiary/aromatic N) is 1. The van der Waals surface area contributed by atoms with Gasteiger partial charge in [0.15, 0.2) is 5.13 Å². The Balaban J connectivity index is 2.09. The third-order valence-corrected chi connectivity index (χ3v) is 5.70. The Labute approximate surface area is 145 Å². The van der Waals surface area contributed by atoms with E-state index < -0.39 is 5.91 Å². The van der Waals surface area contributed by atoms with Gasteiger partial charge in [-0.15, -0.1) is 11.8 Å². The molecule has 22 heavy (non-hydrogen) atoms. The molecule has 0 aliphatic heterocycles. The third-order valence-electron chi connectivity index (χ3n) is 2.50. The van der Waals surface area contributed by atoms with Crippen LogP contribution in [0.3, 0.4) is 0 Å². The lowest BCUT2D eigenvalue weighted by Gasteiger charge is -2.03. The first-order valence-corrected chi connectivity index (χ1v) is 8.57. The number of nitrogens with one attached hydrogen (secondary N) is 1. The SMILES string of the molecule is Cc1nc(NC(=O)c2ccc(Cl)c(Cl)c2)sc1SCC(N)=O. The van der Waals surface area contributed by atoms with E-state index in [1.165, 1.54) is 29.2 Å². The van der Waals surface area contributed by atoms with Gasteiger partial charge < -0.3 is 5.73 Å². The van der Waals surface area contributed by atoms with Gasteiger partial charge in [-0.2, -0.15) is 0 Å². The number of aryl methyl sites for hydroxylation is 1. The molecule has 0 atom stereocenters. The monoisotopic (exact) mass is 375 g/mol. The van der Waals surface area contributed by atoms with Gasteiger partial charge in [-0.3, -0.25) is 14.9 Å².